The summed E-state index contributed by atoms with van der Waals surface area (Å²) in [6.45, 7) is 3.82. The Labute approximate surface area is 138 Å². The highest BCUT2D eigenvalue weighted by atomic mass is 16.1. The number of rotatable bonds is 4. The number of hydrogen-bond donors (Lipinski definition) is 2. The van der Waals surface area contributed by atoms with E-state index in [-0.39, 0.29) is 17.9 Å². The molecule has 3 aromatic rings. The number of carbonyl (C=O) groups is 1. The third-order valence-electron chi connectivity index (χ3n) is 4.12. The van der Waals surface area contributed by atoms with Gasteiger partial charge in [0.05, 0.1) is 5.69 Å². The van der Waals surface area contributed by atoms with Crippen LogP contribution in [0.5, 0.6) is 0 Å². The summed E-state index contributed by atoms with van der Waals surface area (Å²) in [5, 5.41) is 8.09. The molecule has 7 nitrogen and oxygen atoms in total. The number of pyridine rings is 2. The van der Waals surface area contributed by atoms with Crippen molar-refractivity contribution in [1.82, 2.24) is 19.7 Å². The number of nitrogens with zero attached hydrogens (tertiary/aromatic N) is 3. The van der Waals surface area contributed by atoms with Gasteiger partial charge in [0.15, 0.2) is 0 Å². The van der Waals surface area contributed by atoms with Crippen molar-refractivity contribution in [1.29, 1.82) is 0 Å². The number of nitrogens with one attached hydrogen (secondary N) is 2. The lowest BCUT2D eigenvalue weighted by atomic mass is 10.0. The SMILES string of the molecule is Cc1nn(C)c2[nH]c(=O)c(CCC(=O)Nc3ccncc3)c(C)c12. The predicted molar refractivity (Wildman–Crippen MR) is 92.0 cm³/mol. The maximum absolute atomic E-state index is 12.3. The van der Waals surface area contributed by atoms with Gasteiger partial charge in [-0.3, -0.25) is 19.3 Å². The molecule has 124 valence electrons. The van der Waals surface area contributed by atoms with Crippen LogP contribution in [0.4, 0.5) is 5.69 Å². The van der Waals surface area contributed by atoms with Gasteiger partial charge in [0, 0.05) is 42.5 Å². The molecule has 0 unspecified atom stereocenters. The third kappa shape index (κ3) is 2.92. The quantitative estimate of drug-likeness (QED) is 0.765. The number of fused-ring (bicyclic) bond motifs is 1. The van der Waals surface area contributed by atoms with Crippen LogP contribution >= 0.6 is 0 Å². The molecule has 0 bridgehead atoms. The van der Waals surface area contributed by atoms with Gasteiger partial charge in [0.1, 0.15) is 5.65 Å². The first kappa shape index (κ1) is 15.9. The summed E-state index contributed by atoms with van der Waals surface area (Å²) in [5.74, 6) is -0.136. The predicted octanol–water partition coefficient (Wildman–Crippen LogP) is 1.84. The van der Waals surface area contributed by atoms with Crippen molar-refractivity contribution in [3.63, 3.8) is 0 Å². The van der Waals surface area contributed by atoms with Crippen LogP contribution in [-0.4, -0.2) is 25.7 Å². The Bertz CT molecular complexity index is 957. The van der Waals surface area contributed by atoms with Crippen molar-refractivity contribution < 1.29 is 4.79 Å². The number of hydrogen-bond acceptors (Lipinski definition) is 4. The van der Waals surface area contributed by atoms with Gasteiger partial charge in [-0.2, -0.15) is 5.10 Å². The molecular formula is C17H19N5O2. The monoisotopic (exact) mass is 325 g/mol. The molecule has 0 fully saturated rings. The minimum absolute atomic E-state index is 0.136. The van der Waals surface area contributed by atoms with Crippen molar-refractivity contribution >= 4 is 22.6 Å². The van der Waals surface area contributed by atoms with Gasteiger partial charge >= 0.3 is 0 Å². The molecule has 3 heterocycles. The molecule has 7 heteroatoms. The molecular weight excluding hydrogens is 306 g/mol. The highest BCUT2D eigenvalue weighted by Gasteiger charge is 2.15. The molecule has 0 radical (unpaired) electrons. The number of aromatic nitrogens is 4. The average Bonchev–Trinajstić information content (AvgIpc) is 2.82. The second-order valence-corrected chi connectivity index (χ2v) is 5.77. The highest BCUT2D eigenvalue weighted by Crippen LogP contribution is 2.21. The van der Waals surface area contributed by atoms with Gasteiger partial charge in [-0.15, -0.1) is 0 Å². The van der Waals surface area contributed by atoms with Crippen LogP contribution in [0.1, 0.15) is 23.2 Å². The zero-order chi connectivity index (χ0) is 17.3. The number of anilines is 1. The number of amides is 1. The molecule has 0 aliphatic heterocycles. The van der Waals surface area contributed by atoms with Crippen molar-refractivity contribution in [2.24, 2.45) is 7.05 Å². The summed E-state index contributed by atoms with van der Waals surface area (Å²) in [6.07, 6.45) is 3.84. The van der Waals surface area contributed by atoms with Gasteiger partial charge in [0.25, 0.3) is 5.56 Å². The number of aryl methyl sites for hydroxylation is 3. The molecule has 0 aliphatic rings. The minimum Gasteiger partial charge on any atom is -0.326 e. The number of H-pyrrole nitrogens is 1. The Morgan fingerprint density at radius 3 is 2.71 bits per heavy atom. The summed E-state index contributed by atoms with van der Waals surface area (Å²) in [6, 6.07) is 3.45. The van der Waals surface area contributed by atoms with E-state index in [2.05, 4.69) is 20.4 Å². The fourth-order valence-corrected chi connectivity index (χ4v) is 2.95. The standard InChI is InChI=1S/C17H19N5O2/c1-10-13(4-5-14(23)19-12-6-8-18-9-7-12)17(24)20-16-15(10)11(2)21-22(16)3/h6-9H,4-5H2,1-3H3,(H,20,24)(H,18,19,23). The first-order valence-corrected chi connectivity index (χ1v) is 7.72. The van der Waals surface area contributed by atoms with Crippen LogP contribution in [0, 0.1) is 13.8 Å². The summed E-state index contributed by atoms with van der Waals surface area (Å²) in [7, 11) is 1.80. The van der Waals surface area contributed by atoms with Crippen LogP contribution in [0.3, 0.4) is 0 Å². The Balaban J connectivity index is 1.81. The van der Waals surface area contributed by atoms with E-state index in [1.807, 2.05) is 13.8 Å². The van der Waals surface area contributed by atoms with E-state index in [4.69, 9.17) is 0 Å². The van der Waals surface area contributed by atoms with E-state index in [0.717, 1.165) is 16.6 Å². The number of carbonyl (C=O) groups excluding carboxylic acids is 1. The van der Waals surface area contributed by atoms with Crippen molar-refractivity contribution in [2.75, 3.05) is 5.32 Å². The molecule has 0 saturated heterocycles. The molecule has 0 aliphatic carbocycles. The summed E-state index contributed by atoms with van der Waals surface area (Å²) in [4.78, 5) is 31.2. The molecule has 0 saturated carbocycles. The van der Waals surface area contributed by atoms with Gasteiger partial charge in [-0.25, -0.2) is 0 Å². The van der Waals surface area contributed by atoms with E-state index < -0.39 is 0 Å². The molecule has 3 rings (SSSR count). The maximum Gasteiger partial charge on any atom is 0.253 e. The first-order chi connectivity index (χ1) is 11.5. The molecule has 1 amide bonds. The maximum atomic E-state index is 12.3. The van der Waals surface area contributed by atoms with Crippen LogP contribution < -0.4 is 10.9 Å². The average molecular weight is 325 g/mol. The first-order valence-electron chi connectivity index (χ1n) is 7.72. The van der Waals surface area contributed by atoms with Gasteiger partial charge < -0.3 is 10.3 Å². The molecule has 24 heavy (non-hydrogen) atoms. The second-order valence-electron chi connectivity index (χ2n) is 5.77. The van der Waals surface area contributed by atoms with E-state index in [1.165, 1.54) is 0 Å². The Morgan fingerprint density at radius 2 is 2.00 bits per heavy atom. The minimum atomic E-state index is -0.167. The van der Waals surface area contributed by atoms with Crippen molar-refractivity contribution in [2.45, 2.75) is 26.7 Å². The normalized spacial score (nSPS) is 11.0. The summed E-state index contributed by atoms with van der Waals surface area (Å²) in [5.41, 5.74) is 3.61. The Kier molecular flexibility index (Phi) is 4.16. The van der Waals surface area contributed by atoms with E-state index in [0.29, 0.717) is 23.3 Å². The lowest BCUT2D eigenvalue weighted by molar-refractivity contribution is -0.116. The molecule has 3 aromatic heterocycles. The van der Waals surface area contributed by atoms with E-state index in [1.54, 1.807) is 36.3 Å². The molecule has 0 aromatic carbocycles. The van der Waals surface area contributed by atoms with Crippen LogP contribution in [0.25, 0.3) is 11.0 Å². The van der Waals surface area contributed by atoms with E-state index >= 15 is 0 Å². The van der Waals surface area contributed by atoms with Crippen LogP contribution in [0.2, 0.25) is 0 Å². The summed E-state index contributed by atoms with van der Waals surface area (Å²) >= 11 is 0. The van der Waals surface area contributed by atoms with Crippen molar-refractivity contribution in [3.05, 3.63) is 51.7 Å². The Hall–Kier alpha value is -2.96. The lowest BCUT2D eigenvalue weighted by Gasteiger charge is -2.08. The largest absolute Gasteiger partial charge is 0.326 e. The topological polar surface area (TPSA) is 92.7 Å². The van der Waals surface area contributed by atoms with E-state index in [9.17, 15) is 9.59 Å². The molecule has 0 atom stereocenters. The zero-order valence-corrected chi connectivity index (χ0v) is 13.9. The smallest absolute Gasteiger partial charge is 0.253 e. The van der Waals surface area contributed by atoms with Crippen LogP contribution in [0.15, 0.2) is 29.3 Å². The second kappa shape index (κ2) is 6.27. The zero-order valence-electron chi connectivity index (χ0n) is 13.9. The van der Waals surface area contributed by atoms with Crippen molar-refractivity contribution in [3.8, 4) is 0 Å². The lowest BCUT2D eigenvalue weighted by Crippen LogP contribution is -2.19. The fraction of sp³-hybridized carbons (Fsp3) is 0.294. The third-order valence-corrected chi connectivity index (χ3v) is 4.12. The highest BCUT2D eigenvalue weighted by molar-refractivity contribution is 5.91. The van der Waals surface area contributed by atoms with Gasteiger partial charge in [0.2, 0.25) is 5.91 Å². The summed E-state index contributed by atoms with van der Waals surface area (Å²) < 4.78 is 1.67. The number of aromatic amines is 1. The fourth-order valence-electron chi connectivity index (χ4n) is 2.95. The molecule has 0 spiro atoms. The van der Waals surface area contributed by atoms with Gasteiger partial charge in [-0.05, 0) is 38.0 Å². The Morgan fingerprint density at radius 1 is 1.29 bits per heavy atom. The van der Waals surface area contributed by atoms with Crippen LogP contribution in [-0.2, 0) is 18.3 Å². The molecule has 2 N–H and O–H groups in total. The van der Waals surface area contributed by atoms with Gasteiger partial charge in [-0.1, -0.05) is 0 Å².